The van der Waals surface area contributed by atoms with Crippen LogP contribution in [0.4, 0.5) is 0 Å². The van der Waals surface area contributed by atoms with E-state index in [9.17, 15) is 9.59 Å². The summed E-state index contributed by atoms with van der Waals surface area (Å²) in [5.41, 5.74) is -0.243. The zero-order chi connectivity index (χ0) is 19.4. The molecule has 1 N–H and O–H groups in total. The van der Waals surface area contributed by atoms with E-state index in [1.807, 2.05) is 54.3 Å². The zero-order valence-corrected chi connectivity index (χ0v) is 16.4. The Kier molecular flexibility index (Phi) is 4.13. The van der Waals surface area contributed by atoms with E-state index in [-0.39, 0.29) is 17.9 Å². The molecular weight excluding hydrogens is 352 g/mol. The number of carbonyl (C=O) groups excluding carboxylic acids is 2. The van der Waals surface area contributed by atoms with Crippen LogP contribution < -0.4 is 5.32 Å². The molecule has 1 aliphatic carbocycles. The van der Waals surface area contributed by atoms with Crippen molar-refractivity contribution < 1.29 is 14.3 Å². The van der Waals surface area contributed by atoms with E-state index >= 15 is 0 Å². The number of nitrogens with one attached hydrogen (secondary N) is 1. The highest BCUT2D eigenvalue weighted by Crippen LogP contribution is 2.57. The van der Waals surface area contributed by atoms with Crippen molar-refractivity contribution in [3.05, 3.63) is 48.0 Å². The number of ether oxygens (including phenoxy) is 1. The largest absolute Gasteiger partial charge is 0.357 e. The molecule has 3 heterocycles. The topological polar surface area (TPSA) is 58.6 Å². The molecule has 28 heavy (non-hydrogen) atoms. The molecule has 2 bridgehead atoms. The Morgan fingerprint density at radius 1 is 1.18 bits per heavy atom. The summed E-state index contributed by atoms with van der Waals surface area (Å²) < 4.78 is 6.40. The lowest BCUT2D eigenvalue weighted by atomic mass is 9.71. The van der Waals surface area contributed by atoms with Crippen LogP contribution in [0.3, 0.4) is 0 Å². The molecule has 4 atom stereocenters. The molecule has 1 aromatic rings. The number of rotatable bonds is 4. The standard InChI is InChI=1S/C23H28N2O3/c1-22-12-13-23(28-22)15-25(14-16-8-4-2-5-9-16)21(27)19(23)18(22)20(26)24-17-10-6-3-7-11-17/h2,4-5,8-9,12-13,17-19H,3,6-7,10-11,14-15H2,1H3,(H,24,26). The minimum atomic E-state index is -0.683. The second-order valence-electron chi connectivity index (χ2n) is 9.05. The Hall–Kier alpha value is -2.14. The minimum Gasteiger partial charge on any atom is -0.357 e. The normalized spacial score (nSPS) is 36.8. The van der Waals surface area contributed by atoms with Gasteiger partial charge in [-0.05, 0) is 25.3 Å². The third-order valence-electron chi connectivity index (χ3n) is 7.05. The van der Waals surface area contributed by atoms with Crippen molar-refractivity contribution in [1.29, 1.82) is 0 Å². The third-order valence-corrected chi connectivity index (χ3v) is 7.05. The van der Waals surface area contributed by atoms with Gasteiger partial charge in [0, 0.05) is 12.6 Å². The molecule has 5 rings (SSSR count). The molecule has 0 radical (unpaired) electrons. The smallest absolute Gasteiger partial charge is 0.230 e. The van der Waals surface area contributed by atoms with Gasteiger partial charge >= 0.3 is 0 Å². The Morgan fingerprint density at radius 3 is 2.68 bits per heavy atom. The number of likely N-dealkylation sites (tertiary alicyclic amines) is 1. The molecule has 5 nitrogen and oxygen atoms in total. The monoisotopic (exact) mass is 380 g/mol. The van der Waals surface area contributed by atoms with E-state index in [2.05, 4.69) is 5.32 Å². The van der Waals surface area contributed by atoms with Crippen molar-refractivity contribution in [2.75, 3.05) is 6.54 Å². The van der Waals surface area contributed by atoms with Crippen molar-refractivity contribution in [3.8, 4) is 0 Å². The number of hydrogen-bond donors (Lipinski definition) is 1. The first kappa shape index (κ1) is 17.9. The quantitative estimate of drug-likeness (QED) is 0.817. The highest BCUT2D eigenvalue weighted by atomic mass is 16.5. The molecule has 2 amide bonds. The molecule has 1 saturated carbocycles. The lowest BCUT2D eigenvalue weighted by Crippen LogP contribution is -2.50. The van der Waals surface area contributed by atoms with Gasteiger partial charge in [-0.15, -0.1) is 0 Å². The summed E-state index contributed by atoms with van der Waals surface area (Å²) in [5, 5.41) is 3.24. The van der Waals surface area contributed by atoms with E-state index < -0.39 is 23.0 Å². The number of carbonyl (C=O) groups is 2. The first-order valence-electron chi connectivity index (χ1n) is 10.5. The average molecular weight is 380 g/mol. The molecule has 1 spiro atoms. The first-order valence-corrected chi connectivity index (χ1v) is 10.5. The van der Waals surface area contributed by atoms with Crippen LogP contribution >= 0.6 is 0 Å². The van der Waals surface area contributed by atoms with Crippen LogP contribution in [0.1, 0.15) is 44.6 Å². The van der Waals surface area contributed by atoms with Gasteiger partial charge in [0.25, 0.3) is 0 Å². The fourth-order valence-electron chi connectivity index (χ4n) is 5.73. The highest BCUT2D eigenvalue weighted by Gasteiger charge is 2.71. The molecule has 4 aliphatic rings. The summed E-state index contributed by atoms with van der Waals surface area (Å²) in [6.07, 6.45) is 9.70. The van der Waals surface area contributed by atoms with Crippen LogP contribution in [-0.4, -0.2) is 40.5 Å². The summed E-state index contributed by atoms with van der Waals surface area (Å²) in [6.45, 7) is 3.03. The summed E-state index contributed by atoms with van der Waals surface area (Å²) >= 11 is 0. The van der Waals surface area contributed by atoms with Crippen molar-refractivity contribution in [2.24, 2.45) is 11.8 Å². The summed E-state index contributed by atoms with van der Waals surface area (Å²) in [7, 11) is 0. The zero-order valence-electron chi connectivity index (χ0n) is 16.4. The van der Waals surface area contributed by atoms with E-state index in [1.54, 1.807) is 0 Å². The number of hydrogen-bond acceptors (Lipinski definition) is 3. The molecule has 5 heteroatoms. The molecule has 3 aliphatic heterocycles. The fraction of sp³-hybridized carbons (Fsp3) is 0.565. The van der Waals surface area contributed by atoms with Gasteiger partial charge in [0.2, 0.25) is 11.8 Å². The predicted octanol–water partition coefficient (Wildman–Crippen LogP) is 2.81. The highest BCUT2D eigenvalue weighted by molar-refractivity contribution is 5.93. The molecule has 1 aromatic carbocycles. The van der Waals surface area contributed by atoms with Crippen LogP contribution in [-0.2, 0) is 20.9 Å². The summed E-state index contributed by atoms with van der Waals surface area (Å²) in [5.74, 6) is -0.844. The van der Waals surface area contributed by atoms with Crippen molar-refractivity contribution in [2.45, 2.75) is 62.8 Å². The second kappa shape index (κ2) is 6.45. The van der Waals surface area contributed by atoms with E-state index in [0.717, 1.165) is 18.4 Å². The number of benzene rings is 1. The lowest BCUT2D eigenvalue weighted by molar-refractivity contribution is -0.140. The maximum atomic E-state index is 13.4. The van der Waals surface area contributed by atoms with E-state index in [4.69, 9.17) is 4.74 Å². The third kappa shape index (κ3) is 2.71. The van der Waals surface area contributed by atoms with Crippen LogP contribution in [0.5, 0.6) is 0 Å². The molecule has 0 aromatic heterocycles. The van der Waals surface area contributed by atoms with Crippen LogP contribution in [0, 0.1) is 11.8 Å². The minimum absolute atomic E-state index is 0.0134. The summed E-state index contributed by atoms with van der Waals surface area (Å²) in [6, 6.07) is 10.2. The van der Waals surface area contributed by atoms with Crippen molar-refractivity contribution in [3.63, 3.8) is 0 Å². The lowest BCUT2D eigenvalue weighted by Gasteiger charge is -2.32. The van der Waals surface area contributed by atoms with Gasteiger partial charge in [0.15, 0.2) is 0 Å². The molecular formula is C23H28N2O3. The van der Waals surface area contributed by atoms with Crippen molar-refractivity contribution >= 4 is 11.8 Å². The van der Waals surface area contributed by atoms with Gasteiger partial charge in [0.05, 0.1) is 24.0 Å². The average Bonchev–Trinajstić information content (AvgIpc) is 3.26. The SMILES string of the molecule is CC12C=CC3(CN(Cc4ccccc4)C(=O)C3C1C(=O)NC1CCCCC1)O2. The maximum absolute atomic E-state index is 13.4. The molecule has 2 saturated heterocycles. The molecule has 3 fully saturated rings. The fourth-order valence-corrected chi connectivity index (χ4v) is 5.73. The van der Waals surface area contributed by atoms with E-state index in [0.29, 0.717) is 13.1 Å². The van der Waals surface area contributed by atoms with Crippen LogP contribution in [0.2, 0.25) is 0 Å². The van der Waals surface area contributed by atoms with Gasteiger partial charge in [-0.3, -0.25) is 9.59 Å². The summed E-state index contributed by atoms with van der Waals surface area (Å²) in [4.78, 5) is 28.5. The Labute approximate surface area is 166 Å². The van der Waals surface area contributed by atoms with Gasteiger partial charge in [-0.25, -0.2) is 0 Å². The van der Waals surface area contributed by atoms with Gasteiger partial charge in [0.1, 0.15) is 5.60 Å². The van der Waals surface area contributed by atoms with E-state index in [1.165, 1.54) is 19.3 Å². The first-order chi connectivity index (χ1) is 13.5. The molecule has 148 valence electrons. The Balaban J connectivity index is 1.38. The van der Waals surface area contributed by atoms with Gasteiger partial charge in [-0.1, -0.05) is 61.7 Å². The Bertz CT molecular complexity index is 816. The van der Waals surface area contributed by atoms with Crippen LogP contribution in [0.25, 0.3) is 0 Å². The molecule has 4 unspecified atom stereocenters. The maximum Gasteiger partial charge on any atom is 0.230 e. The number of fused-ring (bicyclic) bond motifs is 1. The number of nitrogens with zero attached hydrogens (tertiary/aromatic N) is 1. The Morgan fingerprint density at radius 2 is 1.93 bits per heavy atom. The van der Waals surface area contributed by atoms with Gasteiger partial charge in [-0.2, -0.15) is 0 Å². The van der Waals surface area contributed by atoms with Crippen molar-refractivity contribution in [1.82, 2.24) is 10.2 Å². The predicted molar refractivity (Wildman–Crippen MR) is 105 cm³/mol. The van der Waals surface area contributed by atoms with Crippen LogP contribution in [0.15, 0.2) is 42.5 Å². The van der Waals surface area contributed by atoms with Gasteiger partial charge < -0.3 is 15.0 Å². The number of amides is 2. The second-order valence-corrected chi connectivity index (χ2v) is 9.05.